The molecule has 5 heteroatoms. The molecular formula is C27H34N4O. The van der Waals surface area contributed by atoms with E-state index in [1.807, 2.05) is 6.07 Å². The van der Waals surface area contributed by atoms with Crippen LogP contribution in [0.2, 0.25) is 0 Å². The second-order valence-electron chi connectivity index (χ2n) is 9.38. The Morgan fingerprint density at radius 3 is 2.56 bits per heavy atom. The Morgan fingerprint density at radius 1 is 1.00 bits per heavy atom. The van der Waals surface area contributed by atoms with Crippen LogP contribution in [0.1, 0.15) is 49.7 Å². The number of nitriles is 1. The van der Waals surface area contributed by atoms with Crippen molar-refractivity contribution in [1.82, 2.24) is 10.2 Å². The first kappa shape index (κ1) is 22.4. The molecule has 2 atom stereocenters. The average molecular weight is 431 g/mol. The van der Waals surface area contributed by atoms with Gasteiger partial charge in [-0.2, -0.15) is 5.26 Å². The number of nitrogens with zero attached hydrogens (tertiary/aromatic N) is 2. The molecule has 5 nitrogen and oxygen atoms in total. The number of likely N-dealkylation sites (tertiary alicyclic amines) is 1. The normalized spacial score (nSPS) is 22.1. The third kappa shape index (κ3) is 6.34. The fraction of sp³-hybridized carbons (Fsp3) is 0.481. The van der Waals surface area contributed by atoms with Crippen LogP contribution in [-0.4, -0.2) is 36.6 Å². The van der Waals surface area contributed by atoms with Gasteiger partial charge in [-0.15, -0.1) is 0 Å². The van der Waals surface area contributed by atoms with Crippen molar-refractivity contribution in [3.05, 3.63) is 65.7 Å². The van der Waals surface area contributed by atoms with Crippen molar-refractivity contribution in [3.8, 4) is 6.07 Å². The number of urea groups is 1. The van der Waals surface area contributed by atoms with Crippen molar-refractivity contribution in [1.29, 1.82) is 5.26 Å². The van der Waals surface area contributed by atoms with Gasteiger partial charge in [0, 0.05) is 18.3 Å². The highest BCUT2D eigenvalue weighted by atomic mass is 16.2. The van der Waals surface area contributed by atoms with E-state index in [1.54, 1.807) is 18.2 Å². The fourth-order valence-corrected chi connectivity index (χ4v) is 5.27. The Morgan fingerprint density at radius 2 is 1.78 bits per heavy atom. The summed E-state index contributed by atoms with van der Waals surface area (Å²) in [5.74, 6) is 1.29. The number of rotatable bonds is 6. The maximum absolute atomic E-state index is 12.6. The Hall–Kier alpha value is -2.84. The molecule has 1 heterocycles. The molecule has 32 heavy (non-hydrogen) atoms. The number of piperidine rings is 1. The molecule has 2 aliphatic rings. The summed E-state index contributed by atoms with van der Waals surface area (Å²) in [4.78, 5) is 15.2. The molecule has 2 aromatic rings. The highest BCUT2D eigenvalue weighted by Gasteiger charge is 2.29. The molecule has 0 radical (unpaired) electrons. The summed E-state index contributed by atoms with van der Waals surface area (Å²) in [5, 5.41) is 15.2. The van der Waals surface area contributed by atoms with Gasteiger partial charge < -0.3 is 15.5 Å². The van der Waals surface area contributed by atoms with E-state index in [9.17, 15) is 4.79 Å². The van der Waals surface area contributed by atoms with Crippen molar-refractivity contribution in [2.24, 2.45) is 11.8 Å². The van der Waals surface area contributed by atoms with Crippen molar-refractivity contribution in [2.45, 2.75) is 51.0 Å². The van der Waals surface area contributed by atoms with Crippen LogP contribution < -0.4 is 10.6 Å². The summed E-state index contributed by atoms with van der Waals surface area (Å²) in [6.45, 7) is 3.40. The first-order valence-corrected chi connectivity index (χ1v) is 12.0. The maximum atomic E-state index is 12.6. The van der Waals surface area contributed by atoms with Gasteiger partial charge in [0.25, 0.3) is 0 Å². The molecule has 1 aliphatic heterocycles. The molecule has 2 fully saturated rings. The summed E-state index contributed by atoms with van der Waals surface area (Å²) in [5.41, 5.74) is 2.66. The van der Waals surface area contributed by atoms with Crippen LogP contribution in [0.4, 0.5) is 10.5 Å². The van der Waals surface area contributed by atoms with Crippen LogP contribution in [-0.2, 0) is 6.42 Å². The number of carbonyl (C=O) groups excluding carboxylic acids is 1. The molecule has 4 rings (SSSR count). The summed E-state index contributed by atoms with van der Waals surface area (Å²) in [6, 6.07) is 20.1. The zero-order valence-corrected chi connectivity index (χ0v) is 18.8. The number of nitrogens with one attached hydrogen (secondary N) is 2. The summed E-state index contributed by atoms with van der Waals surface area (Å²) < 4.78 is 0. The van der Waals surface area contributed by atoms with Crippen LogP contribution in [0.15, 0.2) is 54.6 Å². The van der Waals surface area contributed by atoms with E-state index in [1.165, 1.54) is 44.1 Å². The number of benzene rings is 2. The van der Waals surface area contributed by atoms with Gasteiger partial charge in [-0.25, -0.2) is 4.79 Å². The van der Waals surface area contributed by atoms with E-state index < -0.39 is 0 Å². The molecule has 0 spiro atoms. The molecule has 0 unspecified atom stereocenters. The molecule has 168 valence electrons. The lowest BCUT2D eigenvalue weighted by molar-refractivity contribution is 0.130. The van der Waals surface area contributed by atoms with Gasteiger partial charge in [-0.05, 0) is 80.8 Å². The maximum Gasteiger partial charge on any atom is 0.319 e. The van der Waals surface area contributed by atoms with Gasteiger partial charge in [0.2, 0.25) is 0 Å². The van der Waals surface area contributed by atoms with E-state index >= 15 is 0 Å². The first-order chi connectivity index (χ1) is 15.7. The third-order valence-corrected chi connectivity index (χ3v) is 7.04. The van der Waals surface area contributed by atoms with Gasteiger partial charge in [0.1, 0.15) is 0 Å². The first-order valence-electron chi connectivity index (χ1n) is 12.0. The Labute approximate surface area is 191 Å². The SMILES string of the molecule is N#Cc1cccc(NC(=O)N[C@@H]2CCCC[C@H]2CN2CCC(Cc3ccccc3)CC2)c1. The summed E-state index contributed by atoms with van der Waals surface area (Å²) in [7, 11) is 0. The molecule has 2 aromatic carbocycles. The van der Waals surface area contributed by atoms with Gasteiger partial charge >= 0.3 is 6.03 Å². The van der Waals surface area contributed by atoms with E-state index in [4.69, 9.17) is 5.26 Å². The van der Waals surface area contributed by atoms with Gasteiger partial charge in [0.05, 0.1) is 11.6 Å². The highest BCUT2D eigenvalue weighted by Crippen LogP contribution is 2.28. The van der Waals surface area contributed by atoms with E-state index in [0.29, 0.717) is 17.2 Å². The minimum absolute atomic E-state index is 0.168. The lowest BCUT2D eigenvalue weighted by atomic mass is 9.83. The lowest BCUT2D eigenvalue weighted by Crippen LogP contribution is -2.48. The Bertz CT molecular complexity index is 915. The van der Waals surface area contributed by atoms with Crippen molar-refractivity contribution in [3.63, 3.8) is 0 Å². The molecule has 1 saturated heterocycles. The molecule has 2 amide bonds. The van der Waals surface area contributed by atoms with Crippen LogP contribution in [0.5, 0.6) is 0 Å². The molecular weight excluding hydrogens is 396 g/mol. The van der Waals surface area contributed by atoms with Crippen molar-refractivity contribution in [2.75, 3.05) is 25.0 Å². The summed E-state index contributed by atoms with van der Waals surface area (Å²) >= 11 is 0. The second-order valence-corrected chi connectivity index (χ2v) is 9.38. The van der Waals surface area contributed by atoms with E-state index in [0.717, 1.165) is 32.0 Å². The van der Waals surface area contributed by atoms with Crippen LogP contribution in [0.25, 0.3) is 0 Å². The van der Waals surface area contributed by atoms with Crippen molar-refractivity contribution >= 4 is 11.7 Å². The zero-order chi connectivity index (χ0) is 22.2. The number of hydrogen-bond acceptors (Lipinski definition) is 3. The predicted octanol–water partition coefficient (Wildman–Crippen LogP) is 5.19. The number of amides is 2. The monoisotopic (exact) mass is 430 g/mol. The third-order valence-electron chi connectivity index (χ3n) is 7.04. The van der Waals surface area contributed by atoms with Gasteiger partial charge in [0.15, 0.2) is 0 Å². The van der Waals surface area contributed by atoms with Gasteiger partial charge in [-0.3, -0.25) is 0 Å². The van der Waals surface area contributed by atoms with E-state index in [2.05, 4.69) is 51.9 Å². The number of carbonyl (C=O) groups is 1. The molecule has 0 bridgehead atoms. The van der Waals surface area contributed by atoms with Crippen molar-refractivity contribution < 1.29 is 4.79 Å². The molecule has 2 N–H and O–H groups in total. The van der Waals surface area contributed by atoms with Crippen LogP contribution >= 0.6 is 0 Å². The zero-order valence-electron chi connectivity index (χ0n) is 18.8. The minimum atomic E-state index is -0.168. The standard InChI is InChI=1S/C27H34N4O/c28-19-23-9-6-11-25(18-23)29-27(32)30-26-12-5-4-10-24(26)20-31-15-13-22(14-16-31)17-21-7-2-1-3-8-21/h1-3,6-9,11,18,22,24,26H,4-5,10,12-17,20H2,(H2,29,30,32)/t24-,26+/m0/s1. The van der Waals surface area contributed by atoms with Crippen LogP contribution in [0, 0.1) is 23.2 Å². The Balaban J connectivity index is 1.25. The smallest absolute Gasteiger partial charge is 0.319 e. The molecule has 0 aromatic heterocycles. The topological polar surface area (TPSA) is 68.2 Å². The lowest BCUT2D eigenvalue weighted by Gasteiger charge is -2.39. The average Bonchev–Trinajstić information content (AvgIpc) is 2.82. The molecule has 1 aliphatic carbocycles. The number of anilines is 1. The Kier molecular flexibility index (Phi) is 7.79. The quantitative estimate of drug-likeness (QED) is 0.662. The summed E-state index contributed by atoms with van der Waals surface area (Å²) in [6.07, 6.45) is 8.35. The largest absolute Gasteiger partial charge is 0.335 e. The fourth-order valence-electron chi connectivity index (χ4n) is 5.27. The minimum Gasteiger partial charge on any atom is -0.335 e. The number of hydrogen-bond donors (Lipinski definition) is 2. The predicted molar refractivity (Wildman–Crippen MR) is 128 cm³/mol. The molecule has 1 saturated carbocycles. The van der Waals surface area contributed by atoms with E-state index in [-0.39, 0.29) is 12.1 Å². The highest BCUT2D eigenvalue weighted by molar-refractivity contribution is 5.89. The van der Waals surface area contributed by atoms with Crippen LogP contribution in [0.3, 0.4) is 0 Å². The van der Waals surface area contributed by atoms with Gasteiger partial charge in [-0.1, -0.05) is 49.2 Å². The second kappa shape index (κ2) is 11.2.